The third kappa shape index (κ3) is 4.54. The van der Waals surface area contributed by atoms with Crippen LogP contribution in [0.15, 0.2) is 60.7 Å². The molecule has 3 rings (SSSR count). The van der Waals surface area contributed by atoms with Crippen molar-refractivity contribution in [2.45, 2.75) is 33.4 Å². The smallest absolute Gasteiger partial charge is 0.251 e. The van der Waals surface area contributed by atoms with Gasteiger partial charge in [-0.1, -0.05) is 36.4 Å². The standard InChI is InChI=1S/C23H26N4O2/c1-16-21(18(3)27(25-16)20-13-9-6-10-14-20)15-26(4)23(29)17(2)24-22(28)19-11-7-5-8-12-19/h5-14,17H,15H2,1-4H3,(H,24,28)/t17-/m0/s1. The van der Waals surface area contributed by atoms with Crippen LogP contribution in [0.1, 0.15) is 34.2 Å². The summed E-state index contributed by atoms with van der Waals surface area (Å²) in [5, 5.41) is 7.41. The molecule has 1 atom stereocenters. The van der Waals surface area contributed by atoms with Crippen LogP contribution in [0.3, 0.4) is 0 Å². The highest BCUT2D eigenvalue weighted by Gasteiger charge is 2.22. The molecule has 0 spiro atoms. The zero-order valence-electron chi connectivity index (χ0n) is 17.2. The molecule has 0 bridgehead atoms. The summed E-state index contributed by atoms with van der Waals surface area (Å²) in [5.74, 6) is -0.412. The van der Waals surface area contributed by atoms with Crippen molar-refractivity contribution in [3.63, 3.8) is 0 Å². The number of likely N-dealkylation sites (N-methyl/N-ethyl adjacent to an activating group) is 1. The van der Waals surface area contributed by atoms with E-state index in [0.29, 0.717) is 12.1 Å². The summed E-state index contributed by atoms with van der Waals surface area (Å²) in [4.78, 5) is 26.7. The number of hydrogen-bond donors (Lipinski definition) is 1. The fourth-order valence-corrected chi connectivity index (χ4v) is 3.30. The van der Waals surface area contributed by atoms with Gasteiger partial charge in [0.1, 0.15) is 6.04 Å². The van der Waals surface area contributed by atoms with Crippen molar-refractivity contribution in [1.29, 1.82) is 0 Å². The molecule has 6 heteroatoms. The molecule has 6 nitrogen and oxygen atoms in total. The molecule has 0 radical (unpaired) electrons. The molecule has 1 aromatic heterocycles. The Kier molecular flexibility index (Phi) is 6.12. The second-order valence-electron chi connectivity index (χ2n) is 7.15. The second-order valence-corrected chi connectivity index (χ2v) is 7.15. The topological polar surface area (TPSA) is 67.2 Å². The van der Waals surface area contributed by atoms with Crippen LogP contribution in [0.2, 0.25) is 0 Å². The number of benzene rings is 2. The minimum Gasteiger partial charge on any atom is -0.341 e. The number of carbonyl (C=O) groups excluding carboxylic acids is 2. The van der Waals surface area contributed by atoms with Crippen molar-refractivity contribution in [2.24, 2.45) is 0 Å². The minimum absolute atomic E-state index is 0.152. The number of amides is 2. The third-order valence-corrected chi connectivity index (χ3v) is 4.97. The van der Waals surface area contributed by atoms with Gasteiger partial charge in [0, 0.05) is 30.4 Å². The number of nitrogens with zero attached hydrogens (tertiary/aromatic N) is 3. The lowest BCUT2D eigenvalue weighted by molar-refractivity contribution is -0.132. The van der Waals surface area contributed by atoms with Crippen molar-refractivity contribution >= 4 is 11.8 Å². The van der Waals surface area contributed by atoms with Crippen LogP contribution in [0.5, 0.6) is 0 Å². The van der Waals surface area contributed by atoms with Gasteiger partial charge in [-0.2, -0.15) is 5.10 Å². The average Bonchev–Trinajstić information content (AvgIpc) is 3.02. The van der Waals surface area contributed by atoms with E-state index < -0.39 is 6.04 Å². The van der Waals surface area contributed by atoms with Gasteiger partial charge in [-0.05, 0) is 45.0 Å². The summed E-state index contributed by atoms with van der Waals surface area (Å²) in [6, 6.07) is 18.2. The van der Waals surface area contributed by atoms with E-state index >= 15 is 0 Å². The zero-order valence-corrected chi connectivity index (χ0v) is 17.2. The molecule has 3 aromatic rings. The van der Waals surface area contributed by atoms with Crippen molar-refractivity contribution < 1.29 is 9.59 Å². The maximum Gasteiger partial charge on any atom is 0.251 e. The molecule has 0 fully saturated rings. The molecule has 1 N–H and O–H groups in total. The summed E-state index contributed by atoms with van der Waals surface area (Å²) in [5.41, 5.74) is 4.40. The Morgan fingerprint density at radius 2 is 1.62 bits per heavy atom. The lowest BCUT2D eigenvalue weighted by Crippen LogP contribution is -2.45. The predicted octanol–water partition coefficient (Wildman–Crippen LogP) is 3.27. The molecule has 2 aromatic carbocycles. The van der Waals surface area contributed by atoms with Gasteiger partial charge in [0.05, 0.1) is 11.4 Å². The van der Waals surface area contributed by atoms with E-state index in [-0.39, 0.29) is 11.8 Å². The number of carbonyl (C=O) groups is 2. The average molecular weight is 390 g/mol. The molecule has 1 heterocycles. The Bertz CT molecular complexity index is 996. The number of para-hydroxylation sites is 1. The number of rotatable bonds is 6. The Morgan fingerprint density at radius 1 is 1.03 bits per heavy atom. The number of hydrogen-bond acceptors (Lipinski definition) is 3. The van der Waals surface area contributed by atoms with Crippen LogP contribution in [0.4, 0.5) is 0 Å². The third-order valence-electron chi connectivity index (χ3n) is 4.97. The molecule has 0 saturated carbocycles. The Morgan fingerprint density at radius 3 is 2.24 bits per heavy atom. The van der Waals surface area contributed by atoms with Crippen molar-refractivity contribution in [2.75, 3.05) is 7.05 Å². The van der Waals surface area contributed by atoms with Crippen LogP contribution in [-0.4, -0.2) is 39.6 Å². The van der Waals surface area contributed by atoms with E-state index in [1.54, 1.807) is 43.1 Å². The van der Waals surface area contributed by atoms with E-state index in [9.17, 15) is 9.59 Å². The SMILES string of the molecule is Cc1nn(-c2ccccc2)c(C)c1CN(C)C(=O)[C@H](C)NC(=O)c1ccccc1. The molecular weight excluding hydrogens is 364 g/mol. The maximum atomic E-state index is 12.8. The maximum absolute atomic E-state index is 12.8. The van der Waals surface area contributed by atoms with Crippen molar-refractivity contribution in [3.05, 3.63) is 83.2 Å². The minimum atomic E-state index is -0.627. The fraction of sp³-hybridized carbons (Fsp3) is 0.261. The van der Waals surface area contributed by atoms with Crippen LogP contribution in [0.25, 0.3) is 5.69 Å². The van der Waals surface area contributed by atoms with E-state index in [4.69, 9.17) is 0 Å². The quantitative estimate of drug-likeness (QED) is 0.702. The zero-order chi connectivity index (χ0) is 21.0. The van der Waals surface area contributed by atoms with Crippen LogP contribution < -0.4 is 5.32 Å². The molecule has 2 amide bonds. The molecule has 0 aliphatic heterocycles. The highest BCUT2D eigenvalue weighted by Crippen LogP contribution is 2.19. The van der Waals surface area contributed by atoms with E-state index in [1.165, 1.54) is 0 Å². The van der Waals surface area contributed by atoms with Gasteiger partial charge in [-0.25, -0.2) is 4.68 Å². The summed E-state index contributed by atoms with van der Waals surface area (Å²) >= 11 is 0. The molecule has 0 aliphatic rings. The van der Waals surface area contributed by atoms with Gasteiger partial charge in [-0.15, -0.1) is 0 Å². The largest absolute Gasteiger partial charge is 0.341 e. The number of aryl methyl sites for hydroxylation is 1. The van der Waals surface area contributed by atoms with Crippen molar-refractivity contribution in [3.8, 4) is 5.69 Å². The van der Waals surface area contributed by atoms with E-state index in [0.717, 1.165) is 22.6 Å². The fourth-order valence-electron chi connectivity index (χ4n) is 3.30. The Balaban J connectivity index is 1.70. The van der Waals surface area contributed by atoms with E-state index in [2.05, 4.69) is 10.4 Å². The lowest BCUT2D eigenvalue weighted by Gasteiger charge is -2.22. The van der Waals surface area contributed by atoms with Gasteiger partial charge < -0.3 is 10.2 Å². The van der Waals surface area contributed by atoms with Gasteiger partial charge in [0.2, 0.25) is 5.91 Å². The van der Waals surface area contributed by atoms with Crippen molar-refractivity contribution in [1.82, 2.24) is 20.0 Å². The first-order valence-corrected chi connectivity index (χ1v) is 9.60. The first-order valence-electron chi connectivity index (χ1n) is 9.60. The predicted molar refractivity (Wildman–Crippen MR) is 113 cm³/mol. The monoisotopic (exact) mass is 390 g/mol. The van der Waals surface area contributed by atoms with Crippen LogP contribution >= 0.6 is 0 Å². The van der Waals surface area contributed by atoms with Gasteiger partial charge in [-0.3, -0.25) is 9.59 Å². The lowest BCUT2D eigenvalue weighted by atomic mass is 10.1. The Labute approximate surface area is 171 Å². The first kappa shape index (κ1) is 20.3. The molecule has 0 saturated heterocycles. The number of aromatic nitrogens is 2. The highest BCUT2D eigenvalue weighted by molar-refractivity contribution is 5.97. The number of nitrogens with one attached hydrogen (secondary N) is 1. The summed E-state index contributed by atoms with van der Waals surface area (Å²) in [6.45, 7) is 6.07. The molecule has 29 heavy (non-hydrogen) atoms. The van der Waals surface area contributed by atoms with Gasteiger partial charge in [0.25, 0.3) is 5.91 Å². The van der Waals surface area contributed by atoms with E-state index in [1.807, 2.05) is 54.9 Å². The molecule has 150 valence electrons. The van der Waals surface area contributed by atoms with Crippen LogP contribution in [-0.2, 0) is 11.3 Å². The molecular formula is C23H26N4O2. The van der Waals surface area contributed by atoms with Crippen LogP contribution in [0, 0.1) is 13.8 Å². The second kappa shape index (κ2) is 8.73. The highest BCUT2D eigenvalue weighted by atomic mass is 16.2. The Hall–Kier alpha value is -3.41. The molecule has 0 aliphatic carbocycles. The first-order chi connectivity index (χ1) is 13.9. The summed E-state index contributed by atoms with van der Waals surface area (Å²) in [7, 11) is 1.74. The molecule has 0 unspecified atom stereocenters. The summed E-state index contributed by atoms with van der Waals surface area (Å²) in [6.07, 6.45) is 0. The van der Waals surface area contributed by atoms with Gasteiger partial charge >= 0.3 is 0 Å². The van der Waals surface area contributed by atoms with Gasteiger partial charge in [0.15, 0.2) is 0 Å². The normalized spacial score (nSPS) is 11.7. The summed E-state index contributed by atoms with van der Waals surface area (Å²) < 4.78 is 1.89.